The van der Waals surface area contributed by atoms with Crippen molar-refractivity contribution < 1.29 is 23.1 Å². The number of aromatic carboxylic acids is 1. The Morgan fingerprint density at radius 2 is 1.79 bits per heavy atom. The molecule has 0 saturated heterocycles. The lowest BCUT2D eigenvalue weighted by atomic mass is 10.0. The van der Waals surface area contributed by atoms with E-state index in [0.717, 1.165) is 18.2 Å². The molecular weight excluding hydrogens is 343 g/mol. The average molecular weight is 352 g/mol. The van der Waals surface area contributed by atoms with Crippen molar-refractivity contribution in [1.29, 1.82) is 0 Å². The zero-order valence-corrected chi connectivity index (χ0v) is 12.7. The molecule has 3 nitrogen and oxygen atoms in total. The maximum atomic E-state index is 12.9. The molecule has 1 heterocycles. The molecule has 0 radical (unpaired) electrons. The molecule has 0 unspecified atom stereocenters. The molecule has 0 atom stereocenters. The van der Waals surface area contributed by atoms with E-state index in [4.69, 9.17) is 11.6 Å². The van der Waals surface area contributed by atoms with Gasteiger partial charge < -0.3 is 5.11 Å². The Bertz CT molecular complexity index is 954. The van der Waals surface area contributed by atoms with E-state index < -0.39 is 17.7 Å². The van der Waals surface area contributed by atoms with Crippen molar-refractivity contribution in [2.24, 2.45) is 0 Å². The van der Waals surface area contributed by atoms with Gasteiger partial charge in [0.25, 0.3) is 0 Å². The zero-order valence-electron chi connectivity index (χ0n) is 11.9. The number of nitrogens with zero attached hydrogens (tertiary/aromatic N) is 1. The third kappa shape index (κ3) is 2.92. The molecule has 1 aromatic heterocycles. The largest absolute Gasteiger partial charge is 0.478 e. The summed E-state index contributed by atoms with van der Waals surface area (Å²) in [6, 6.07) is 10.7. The Morgan fingerprint density at radius 3 is 2.42 bits per heavy atom. The maximum absolute atomic E-state index is 12.9. The highest BCUT2D eigenvalue weighted by Gasteiger charge is 2.31. The van der Waals surface area contributed by atoms with E-state index in [2.05, 4.69) is 4.98 Å². The standard InChI is InChI=1S/C17H9ClF3NO2/c18-13-4-2-1-3-10(13)15-8-12(16(23)24)11-7-9(17(19,20)21)5-6-14(11)22-15/h1-8H,(H,23,24). The van der Waals surface area contributed by atoms with Crippen LogP contribution in [0.25, 0.3) is 22.2 Å². The SMILES string of the molecule is O=C(O)c1cc(-c2ccccc2Cl)nc2ccc(C(F)(F)F)cc12. The molecule has 122 valence electrons. The van der Waals surface area contributed by atoms with Crippen LogP contribution in [0.1, 0.15) is 15.9 Å². The third-order valence-electron chi connectivity index (χ3n) is 3.52. The first kappa shape index (κ1) is 16.3. The molecule has 0 aliphatic rings. The first-order valence-corrected chi connectivity index (χ1v) is 7.15. The highest BCUT2D eigenvalue weighted by atomic mass is 35.5. The highest BCUT2D eigenvalue weighted by molar-refractivity contribution is 6.33. The molecule has 24 heavy (non-hydrogen) atoms. The number of carboxylic acid groups (broad SMARTS) is 1. The van der Waals surface area contributed by atoms with Gasteiger partial charge in [0.05, 0.1) is 22.3 Å². The van der Waals surface area contributed by atoms with Crippen LogP contribution in [0, 0.1) is 0 Å². The normalized spacial score (nSPS) is 11.7. The Hall–Kier alpha value is -2.60. The Kier molecular flexibility index (Phi) is 3.93. The number of alkyl halides is 3. The third-order valence-corrected chi connectivity index (χ3v) is 3.85. The Morgan fingerprint density at radius 1 is 1.08 bits per heavy atom. The van der Waals surface area contributed by atoms with Gasteiger partial charge in [0.1, 0.15) is 0 Å². The zero-order chi connectivity index (χ0) is 17.5. The van der Waals surface area contributed by atoms with E-state index in [1.165, 1.54) is 6.07 Å². The Balaban J connectivity index is 2.30. The monoisotopic (exact) mass is 351 g/mol. The van der Waals surface area contributed by atoms with Crippen molar-refractivity contribution in [3.8, 4) is 11.3 Å². The number of benzene rings is 2. The lowest BCUT2D eigenvalue weighted by Gasteiger charge is -2.11. The minimum Gasteiger partial charge on any atom is -0.478 e. The summed E-state index contributed by atoms with van der Waals surface area (Å²) in [6.45, 7) is 0. The number of pyridine rings is 1. The van der Waals surface area contributed by atoms with Crippen LogP contribution in [0.3, 0.4) is 0 Å². The molecule has 3 rings (SSSR count). The molecule has 2 aromatic carbocycles. The van der Waals surface area contributed by atoms with Crippen LogP contribution in [0.15, 0.2) is 48.5 Å². The molecule has 0 spiro atoms. The molecule has 1 N–H and O–H groups in total. The van der Waals surface area contributed by atoms with Gasteiger partial charge >= 0.3 is 12.1 Å². The first-order chi connectivity index (χ1) is 11.3. The number of rotatable bonds is 2. The first-order valence-electron chi connectivity index (χ1n) is 6.77. The van der Waals surface area contributed by atoms with Gasteiger partial charge in [-0.2, -0.15) is 13.2 Å². The van der Waals surface area contributed by atoms with Gasteiger partial charge in [-0.1, -0.05) is 29.8 Å². The topological polar surface area (TPSA) is 50.2 Å². The number of hydrogen-bond acceptors (Lipinski definition) is 2. The van der Waals surface area contributed by atoms with Crippen molar-refractivity contribution in [2.75, 3.05) is 0 Å². The van der Waals surface area contributed by atoms with Crippen LogP contribution in [0.5, 0.6) is 0 Å². The number of hydrogen-bond donors (Lipinski definition) is 1. The van der Waals surface area contributed by atoms with Crippen LogP contribution >= 0.6 is 11.6 Å². The minimum absolute atomic E-state index is 0.0758. The summed E-state index contributed by atoms with van der Waals surface area (Å²) in [6.07, 6.45) is -4.56. The van der Waals surface area contributed by atoms with E-state index in [1.807, 2.05) is 0 Å². The summed E-state index contributed by atoms with van der Waals surface area (Å²) in [5.41, 5.74) is -0.252. The molecule has 0 bridgehead atoms. The van der Waals surface area contributed by atoms with Gasteiger partial charge in [-0.15, -0.1) is 0 Å². The van der Waals surface area contributed by atoms with Gasteiger partial charge in [0, 0.05) is 16.0 Å². The lowest BCUT2D eigenvalue weighted by Crippen LogP contribution is -2.06. The van der Waals surface area contributed by atoms with Gasteiger partial charge in [0.15, 0.2) is 0 Å². The minimum atomic E-state index is -4.56. The van der Waals surface area contributed by atoms with Crippen molar-refractivity contribution in [1.82, 2.24) is 4.98 Å². The number of carboxylic acids is 1. The second-order valence-corrected chi connectivity index (χ2v) is 5.48. The maximum Gasteiger partial charge on any atom is 0.416 e. The summed E-state index contributed by atoms with van der Waals surface area (Å²) in [4.78, 5) is 15.8. The molecule has 0 fully saturated rings. The fraction of sp³-hybridized carbons (Fsp3) is 0.0588. The highest BCUT2D eigenvalue weighted by Crippen LogP contribution is 2.34. The average Bonchev–Trinajstić information content (AvgIpc) is 2.52. The molecular formula is C17H9ClF3NO2. The predicted octanol–water partition coefficient (Wildman–Crippen LogP) is 5.27. The van der Waals surface area contributed by atoms with Crippen LogP contribution in [-0.2, 0) is 6.18 Å². The molecule has 3 aromatic rings. The lowest BCUT2D eigenvalue weighted by molar-refractivity contribution is -0.137. The summed E-state index contributed by atoms with van der Waals surface area (Å²) in [5, 5.41) is 9.67. The van der Waals surface area contributed by atoms with Gasteiger partial charge in [-0.3, -0.25) is 0 Å². The number of halogens is 4. The Labute approximate surface area is 139 Å². The van der Waals surface area contributed by atoms with Gasteiger partial charge in [0.2, 0.25) is 0 Å². The number of carbonyl (C=O) groups is 1. The van der Waals surface area contributed by atoms with E-state index >= 15 is 0 Å². The fourth-order valence-corrected chi connectivity index (χ4v) is 2.62. The predicted molar refractivity (Wildman–Crippen MR) is 84.2 cm³/mol. The van der Waals surface area contributed by atoms with Crippen molar-refractivity contribution in [3.05, 3.63) is 64.7 Å². The molecule has 0 amide bonds. The van der Waals surface area contributed by atoms with Crippen LogP contribution < -0.4 is 0 Å². The second-order valence-electron chi connectivity index (χ2n) is 5.07. The van der Waals surface area contributed by atoms with E-state index in [-0.39, 0.29) is 22.2 Å². The van der Waals surface area contributed by atoms with Gasteiger partial charge in [-0.05, 0) is 30.3 Å². The van der Waals surface area contributed by atoms with Crippen molar-refractivity contribution >= 4 is 28.5 Å². The fourth-order valence-electron chi connectivity index (χ4n) is 2.39. The summed E-state index contributed by atoms with van der Waals surface area (Å²) in [5.74, 6) is -1.34. The van der Waals surface area contributed by atoms with Gasteiger partial charge in [-0.25, -0.2) is 9.78 Å². The molecule has 7 heteroatoms. The quantitative estimate of drug-likeness (QED) is 0.684. The van der Waals surface area contributed by atoms with E-state index in [9.17, 15) is 23.1 Å². The van der Waals surface area contributed by atoms with Crippen molar-refractivity contribution in [2.45, 2.75) is 6.18 Å². The van der Waals surface area contributed by atoms with E-state index in [0.29, 0.717) is 10.6 Å². The summed E-state index contributed by atoms with van der Waals surface area (Å²) < 4.78 is 38.6. The summed E-state index contributed by atoms with van der Waals surface area (Å²) in [7, 11) is 0. The number of fused-ring (bicyclic) bond motifs is 1. The van der Waals surface area contributed by atoms with Crippen LogP contribution in [-0.4, -0.2) is 16.1 Å². The second kappa shape index (κ2) is 5.79. The smallest absolute Gasteiger partial charge is 0.416 e. The van der Waals surface area contributed by atoms with Crippen LogP contribution in [0.4, 0.5) is 13.2 Å². The van der Waals surface area contributed by atoms with E-state index in [1.54, 1.807) is 24.3 Å². The van der Waals surface area contributed by atoms with Crippen LogP contribution in [0.2, 0.25) is 5.02 Å². The summed E-state index contributed by atoms with van der Waals surface area (Å²) >= 11 is 6.09. The molecule has 0 aliphatic heterocycles. The van der Waals surface area contributed by atoms with Crippen molar-refractivity contribution in [3.63, 3.8) is 0 Å². The number of aromatic nitrogens is 1. The molecule has 0 aliphatic carbocycles. The molecule has 0 saturated carbocycles.